The largest absolute Gasteiger partial charge is 0.311 e. The summed E-state index contributed by atoms with van der Waals surface area (Å²) in [6.45, 7) is 2.94. The first-order chi connectivity index (χ1) is 8.15. The number of hydrogen-bond donors (Lipinski definition) is 0. The molecule has 17 heavy (non-hydrogen) atoms. The molecule has 0 aromatic heterocycles. The van der Waals surface area contributed by atoms with Crippen molar-refractivity contribution in [3.63, 3.8) is 0 Å². The molecule has 1 saturated heterocycles. The van der Waals surface area contributed by atoms with E-state index in [1.807, 2.05) is 11.0 Å². The molecule has 1 aliphatic rings. The number of rotatable bonds is 3. The average Bonchev–Trinajstić information content (AvgIpc) is 2.70. The molecular weight excluding hydrogens is 346 g/mol. The van der Waals surface area contributed by atoms with E-state index in [0.29, 0.717) is 12.3 Å². The lowest BCUT2D eigenvalue weighted by molar-refractivity contribution is -0.117. The standard InChI is InChI=1S/C13H15Br2NO/c1-2-9-3-4-12(11(15)5-9)16-8-10(7-14)6-13(16)17/h3-5,10H,2,6-8H2,1H3. The third kappa shape index (κ3) is 2.74. The highest BCUT2D eigenvalue weighted by molar-refractivity contribution is 9.10. The summed E-state index contributed by atoms with van der Waals surface area (Å²) < 4.78 is 1.01. The summed E-state index contributed by atoms with van der Waals surface area (Å²) in [4.78, 5) is 13.8. The Morgan fingerprint density at radius 1 is 1.47 bits per heavy atom. The molecule has 1 aromatic rings. The van der Waals surface area contributed by atoms with Crippen LogP contribution in [0.15, 0.2) is 22.7 Å². The number of aryl methyl sites for hydroxylation is 1. The van der Waals surface area contributed by atoms with Crippen molar-refractivity contribution >= 4 is 43.5 Å². The van der Waals surface area contributed by atoms with E-state index in [1.54, 1.807) is 0 Å². The predicted octanol–water partition coefficient (Wildman–Crippen LogP) is 3.76. The van der Waals surface area contributed by atoms with Crippen molar-refractivity contribution in [2.75, 3.05) is 16.8 Å². The van der Waals surface area contributed by atoms with Crippen LogP contribution >= 0.6 is 31.9 Å². The molecule has 1 atom stereocenters. The van der Waals surface area contributed by atoms with Crippen molar-refractivity contribution in [3.05, 3.63) is 28.2 Å². The molecule has 2 nitrogen and oxygen atoms in total. The van der Waals surface area contributed by atoms with Gasteiger partial charge in [0.2, 0.25) is 5.91 Å². The van der Waals surface area contributed by atoms with E-state index < -0.39 is 0 Å². The van der Waals surface area contributed by atoms with Gasteiger partial charge in [-0.15, -0.1) is 0 Å². The quantitative estimate of drug-likeness (QED) is 0.751. The molecule has 1 aliphatic heterocycles. The molecule has 1 aromatic carbocycles. The van der Waals surface area contributed by atoms with Crippen LogP contribution in [0.4, 0.5) is 5.69 Å². The van der Waals surface area contributed by atoms with Gasteiger partial charge in [-0.3, -0.25) is 4.79 Å². The van der Waals surface area contributed by atoms with Gasteiger partial charge >= 0.3 is 0 Å². The number of nitrogens with zero attached hydrogens (tertiary/aromatic N) is 1. The molecule has 0 aliphatic carbocycles. The molecule has 1 fully saturated rings. The number of halogens is 2. The molecule has 0 radical (unpaired) electrons. The number of anilines is 1. The second kappa shape index (κ2) is 5.53. The van der Waals surface area contributed by atoms with Crippen LogP contribution in [0.1, 0.15) is 18.9 Å². The lowest BCUT2D eigenvalue weighted by atomic mass is 10.1. The zero-order chi connectivity index (χ0) is 12.4. The summed E-state index contributed by atoms with van der Waals surface area (Å²) in [6.07, 6.45) is 1.66. The number of hydrogen-bond acceptors (Lipinski definition) is 1. The maximum atomic E-state index is 11.9. The van der Waals surface area contributed by atoms with Crippen LogP contribution in [-0.2, 0) is 11.2 Å². The summed E-state index contributed by atoms with van der Waals surface area (Å²) in [5.74, 6) is 0.652. The molecule has 4 heteroatoms. The molecule has 2 rings (SSSR count). The summed E-state index contributed by atoms with van der Waals surface area (Å²) in [5, 5.41) is 0.889. The van der Waals surface area contributed by atoms with E-state index in [0.717, 1.165) is 28.5 Å². The van der Waals surface area contributed by atoms with Crippen LogP contribution in [0.25, 0.3) is 0 Å². The molecule has 1 unspecified atom stereocenters. The van der Waals surface area contributed by atoms with E-state index in [2.05, 4.69) is 50.9 Å². The Labute approximate surface area is 119 Å². The average molecular weight is 361 g/mol. The van der Waals surface area contributed by atoms with Crippen molar-refractivity contribution in [1.29, 1.82) is 0 Å². The van der Waals surface area contributed by atoms with Crippen molar-refractivity contribution in [2.24, 2.45) is 5.92 Å². The van der Waals surface area contributed by atoms with E-state index in [4.69, 9.17) is 0 Å². The predicted molar refractivity (Wildman–Crippen MR) is 77.8 cm³/mol. The first-order valence-electron chi connectivity index (χ1n) is 5.80. The van der Waals surface area contributed by atoms with Gasteiger partial charge in [-0.2, -0.15) is 0 Å². The highest BCUT2D eigenvalue weighted by atomic mass is 79.9. The van der Waals surface area contributed by atoms with Gasteiger partial charge < -0.3 is 4.90 Å². The molecule has 0 bridgehead atoms. The fourth-order valence-corrected chi connectivity index (χ4v) is 3.18. The molecule has 0 N–H and O–H groups in total. The highest BCUT2D eigenvalue weighted by Crippen LogP contribution is 2.32. The summed E-state index contributed by atoms with van der Waals surface area (Å²) in [7, 11) is 0. The lowest BCUT2D eigenvalue weighted by Gasteiger charge is -2.18. The number of carbonyl (C=O) groups excluding carboxylic acids is 1. The molecule has 1 heterocycles. The highest BCUT2D eigenvalue weighted by Gasteiger charge is 2.30. The van der Waals surface area contributed by atoms with Crippen molar-refractivity contribution in [3.8, 4) is 0 Å². The van der Waals surface area contributed by atoms with Crippen LogP contribution in [0.3, 0.4) is 0 Å². The third-order valence-corrected chi connectivity index (χ3v) is 4.69. The van der Waals surface area contributed by atoms with Gasteiger partial charge in [-0.25, -0.2) is 0 Å². The topological polar surface area (TPSA) is 20.3 Å². The summed E-state index contributed by atoms with van der Waals surface area (Å²) in [6, 6.07) is 6.23. The second-order valence-corrected chi connectivity index (χ2v) is 5.87. The lowest BCUT2D eigenvalue weighted by Crippen LogP contribution is -2.25. The Bertz CT molecular complexity index is 433. The Balaban J connectivity index is 2.26. The Hall–Kier alpha value is -0.350. The number of amides is 1. The SMILES string of the molecule is CCc1ccc(N2CC(CBr)CC2=O)c(Br)c1. The van der Waals surface area contributed by atoms with E-state index in [1.165, 1.54) is 5.56 Å². The van der Waals surface area contributed by atoms with Crippen LogP contribution in [0.2, 0.25) is 0 Å². The first kappa shape index (κ1) is 13.1. The number of benzene rings is 1. The zero-order valence-electron chi connectivity index (χ0n) is 9.75. The first-order valence-corrected chi connectivity index (χ1v) is 7.72. The number of alkyl halides is 1. The normalized spacial score (nSPS) is 20.1. The van der Waals surface area contributed by atoms with E-state index in [9.17, 15) is 4.79 Å². The van der Waals surface area contributed by atoms with Crippen LogP contribution in [0, 0.1) is 5.92 Å². The van der Waals surface area contributed by atoms with Gasteiger partial charge in [0.1, 0.15) is 0 Å². The van der Waals surface area contributed by atoms with Crippen LogP contribution in [0.5, 0.6) is 0 Å². The van der Waals surface area contributed by atoms with Gasteiger partial charge in [-0.05, 0) is 46.0 Å². The Morgan fingerprint density at radius 2 is 2.24 bits per heavy atom. The Kier molecular flexibility index (Phi) is 4.26. The minimum atomic E-state index is 0.222. The van der Waals surface area contributed by atoms with Gasteiger partial charge in [0.05, 0.1) is 5.69 Å². The van der Waals surface area contributed by atoms with Gasteiger partial charge in [0.25, 0.3) is 0 Å². The van der Waals surface area contributed by atoms with Gasteiger partial charge in [0, 0.05) is 22.8 Å². The molecule has 0 spiro atoms. The monoisotopic (exact) mass is 359 g/mol. The minimum absolute atomic E-state index is 0.222. The molecule has 1 amide bonds. The van der Waals surface area contributed by atoms with E-state index in [-0.39, 0.29) is 5.91 Å². The molecule has 92 valence electrons. The van der Waals surface area contributed by atoms with Gasteiger partial charge in [-0.1, -0.05) is 28.9 Å². The smallest absolute Gasteiger partial charge is 0.227 e. The molecule has 0 saturated carbocycles. The van der Waals surface area contributed by atoms with Crippen LogP contribution < -0.4 is 4.90 Å². The summed E-state index contributed by atoms with van der Waals surface area (Å²) in [5.41, 5.74) is 2.28. The van der Waals surface area contributed by atoms with Gasteiger partial charge in [0.15, 0.2) is 0 Å². The van der Waals surface area contributed by atoms with Crippen LogP contribution in [-0.4, -0.2) is 17.8 Å². The summed E-state index contributed by atoms with van der Waals surface area (Å²) >= 11 is 7.02. The second-order valence-electron chi connectivity index (χ2n) is 4.37. The van der Waals surface area contributed by atoms with E-state index >= 15 is 0 Å². The maximum absolute atomic E-state index is 11.9. The maximum Gasteiger partial charge on any atom is 0.227 e. The fraction of sp³-hybridized carbons (Fsp3) is 0.462. The Morgan fingerprint density at radius 3 is 2.76 bits per heavy atom. The zero-order valence-corrected chi connectivity index (χ0v) is 12.9. The molecular formula is C13H15Br2NO. The number of carbonyl (C=O) groups is 1. The fourth-order valence-electron chi connectivity index (χ4n) is 2.11. The third-order valence-electron chi connectivity index (χ3n) is 3.13. The van der Waals surface area contributed by atoms with Crippen molar-refractivity contribution < 1.29 is 4.79 Å². The minimum Gasteiger partial charge on any atom is -0.311 e. The van der Waals surface area contributed by atoms with Crippen molar-refractivity contribution in [2.45, 2.75) is 19.8 Å². The van der Waals surface area contributed by atoms with Crippen molar-refractivity contribution in [1.82, 2.24) is 0 Å².